The molecule has 1 atom stereocenters. The van der Waals surface area contributed by atoms with Crippen LogP contribution in [-0.2, 0) is 4.79 Å². The van der Waals surface area contributed by atoms with Crippen LogP contribution in [0.15, 0.2) is 11.6 Å². The van der Waals surface area contributed by atoms with E-state index in [0.717, 1.165) is 17.8 Å². The SMILES string of the molecule is CCCC(CC(=O)O)c1nccs1. The minimum Gasteiger partial charge on any atom is -0.481 e. The predicted octanol–water partition coefficient (Wildman–Crippen LogP) is 2.50. The molecule has 0 spiro atoms. The van der Waals surface area contributed by atoms with Crippen molar-refractivity contribution in [1.82, 2.24) is 4.98 Å². The molecule has 72 valence electrons. The summed E-state index contributed by atoms with van der Waals surface area (Å²) in [7, 11) is 0. The number of hydrogen-bond acceptors (Lipinski definition) is 3. The fraction of sp³-hybridized carbons (Fsp3) is 0.556. The second kappa shape index (κ2) is 4.97. The summed E-state index contributed by atoms with van der Waals surface area (Å²) in [6.45, 7) is 2.06. The Bertz CT molecular complexity index is 259. The van der Waals surface area contributed by atoms with E-state index < -0.39 is 5.97 Å². The first-order valence-corrected chi connectivity index (χ1v) is 5.23. The summed E-state index contributed by atoms with van der Waals surface area (Å²) in [5.41, 5.74) is 0. The third-order valence-corrected chi connectivity index (χ3v) is 2.80. The van der Waals surface area contributed by atoms with Crippen LogP contribution in [0.25, 0.3) is 0 Å². The van der Waals surface area contributed by atoms with E-state index in [1.165, 1.54) is 11.3 Å². The molecule has 4 heteroatoms. The predicted molar refractivity (Wildman–Crippen MR) is 52.0 cm³/mol. The van der Waals surface area contributed by atoms with E-state index in [2.05, 4.69) is 11.9 Å². The van der Waals surface area contributed by atoms with E-state index in [1.807, 2.05) is 5.38 Å². The van der Waals surface area contributed by atoms with Crippen molar-refractivity contribution in [2.45, 2.75) is 32.1 Å². The number of rotatable bonds is 5. The van der Waals surface area contributed by atoms with Gasteiger partial charge in [-0.1, -0.05) is 13.3 Å². The molecule has 0 aromatic carbocycles. The zero-order valence-electron chi connectivity index (χ0n) is 7.56. The van der Waals surface area contributed by atoms with Gasteiger partial charge in [0.25, 0.3) is 0 Å². The van der Waals surface area contributed by atoms with Gasteiger partial charge in [-0.2, -0.15) is 0 Å². The highest BCUT2D eigenvalue weighted by molar-refractivity contribution is 7.09. The van der Waals surface area contributed by atoms with Crippen LogP contribution >= 0.6 is 11.3 Å². The van der Waals surface area contributed by atoms with Crippen molar-refractivity contribution < 1.29 is 9.90 Å². The molecule has 0 aliphatic rings. The molecule has 0 radical (unpaired) electrons. The second-order valence-electron chi connectivity index (χ2n) is 2.95. The highest BCUT2D eigenvalue weighted by Crippen LogP contribution is 2.26. The first-order chi connectivity index (χ1) is 6.24. The fourth-order valence-corrected chi connectivity index (χ4v) is 2.08. The number of aliphatic carboxylic acids is 1. The Morgan fingerprint density at radius 2 is 2.54 bits per heavy atom. The Kier molecular flexibility index (Phi) is 3.89. The lowest BCUT2D eigenvalue weighted by Crippen LogP contribution is -2.05. The maximum absolute atomic E-state index is 10.6. The molecule has 0 amide bonds. The van der Waals surface area contributed by atoms with Crippen molar-refractivity contribution in [3.05, 3.63) is 16.6 Å². The van der Waals surface area contributed by atoms with Crippen LogP contribution in [0.4, 0.5) is 0 Å². The van der Waals surface area contributed by atoms with Crippen molar-refractivity contribution >= 4 is 17.3 Å². The average Bonchev–Trinajstić information content (AvgIpc) is 2.54. The van der Waals surface area contributed by atoms with Crippen molar-refractivity contribution in [3.63, 3.8) is 0 Å². The number of nitrogens with zero attached hydrogens (tertiary/aromatic N) is 1. The third kappa shape index (κ3) is 3.14. The number of carboxylic acid groups (broad SMARTS) is 1. The van der Waals surface area contributed by atoms with Crippen LogP contribution in [0.3, 0.4) is 0 Å². The molecule has 1 rings (SSSR count). The Morgan fingerprint density at radius 1 is 1.77 bits per heavy atom. The van der Waals surface area contributed by atoms with Gasteiger partial charge in [0.05, 0.1) is 11.4 Å². The van der Waals surface area contributed by atoms with Crippen molar-refractivity contribution in [2.24, 2.45) is 0 Å². The summed E-state index contributed by atoms with van der Waals surface area (Å²) >= 11 is 1.54. The molecule has 0 bridgehead atoms. The summed E-state index contributed by atoms with van der Waals surface area (Å²) in [4.78, 5) is 14.7. The van der Waals surface area contributed by atoms with Gasteiger partial charge in [-0.15, -0.1) is 11.3 Å². The minimum atomic E-state index is -0.742. The molecular weight excluding hydrogens is 186 g/mol. The van der Waals surface area contributed by atoms with Gasteiger partial charge >= 0.3 is 5.97 Å². The largest absolute Gasteiger partial charge is 0.481 e. The molecule has 0 saturated heterocycles. The molecule has 13 heavy (non-hydrogen) atoms. The van der Waals surface area contributed by atoms with Crippen LogP contribution in [-0.4, -0.2) is 16.1 Å². The molecule has 1 heterocycles. The molecule has 0 saturated carbocycles. The maximum Gasteiger partial charge on any atom is 0.304 e. The van der Waals surface area contributed by atoms with Gasteiger partial charge in [-0.25, -0.2) is 4.98 Å². The normalized spacial score (nSPS) is 12.7. The average molecular weight is 199 g/mol. The topological polar surface area (TPSA) is 50.2 Å². The highest BCUT2D eigenvalue weighted by Gasteiger charge is 2.16. The van der Waals surface area contributed by atoms with Gasteiger partial charge in [0.15, 0.2) is 0 Å². The Labute approximate surface area is 81.4 Å². The van der Waals surface area contributed by atoms with E-state index >= 15 is 0 Å². The van der Waals surface area contributed by atoms with E-state index in [4.69, 9.17) is 5.11 Å². The van der Waals surface area contributed by atoms with Crippen LogP contribution in [0, 0.1) is 0 Å². The minimum absolute atomic E-state index is 0.0995. The van der Waals surface area contributed by atoms with Gasteiger partial charge in [-0.3, -0.25) is 4.79 Å². The zero-order valence-corrected chi connectivity index (χ0v) is 8.38. The molecule has 1 N–H and O–H groups in total. The molecule has 1 aromatic heterocycles. The summed E-state index contributed by atoms with van der Waals surface area (Å²) < 4.78 is 0. The number of aromatic nitrogens is 1. The highest BCUT2D eigenvalue weighted by atomic mass is 32.1. The number of carboxylic acids is 1. The summed E-state index contributed by atoms with van der Waals surface area (Å²) in [6, 6.07) is 0. The lowest BCUT2D eigenvalue weighted by Gasteiger charge is -2.09. The van der Waals surface area contributed by atoms with E-state index in [9.17, 15) is 4.79 Å². The smallest absolute Gasteiger partial charge is 0.304 e. The van der Waals surface area contributed by atoms with Gasteiger partial charge < -0.3 is 5.11 Å². The molecule has 1 aromatic rings. The quantitative estimate of drug-likeness (QED) is 0.792. The van der Waals surface area contributed by atoms with Gasteiger partial charge in [-0.05, 0) is 6.42 Å². The van der Waals surface area contributed by atoms with Crippen LogP contribution in [0.1, 0.15) is 37.1 Å². The van der Waals surface area contributed by atoms with Crippen molar-refractivity contribution in [2.75, 3.05) is 0 Å². The lowest BCUT2D eigenvalue weighted by atomic mass is 10.0. The monoisotopic (exact) mass is 199 g/mol. The molecule has 0 aliphatic heterocycles. The zero-order chi connectivity index (χ0) is 9.68. The third-order valence-electron chi connectivity index (χ3n) is 1.86. The van der Waals surface area contributed by atoms with Crippen molar-refractivity contribution in [3.8, 4) is 0 Å². The van der Waals surface area contributed by atoms with Gasteiger partial charge in [0, 0.05) is 17.5 Å². The van der Waals surface area contributed by atoms with E-state index in [1.54, 1.807) is 6.20 Å². The molecule has 0 aliphatic carbocycles. The first-order valence-electron chi connectivity index (χ1n) is 4.35. The standard InChI is InChI=1S/C9H13NO2S/c1-2-3-7(6-8(11)12)9-10-4-5-13-9/h4-5,7H,2-3,6H2,1H3,(H,11,12). The Morgan fingerprint density at radius 3 is 3.00 bits per heavy atom. The van der Waals surface area contributed by atoms with Crippen molar-refractivity contribution in [1.29, 1.82) is 0 Å². The number of hydrogen-bond donors (Lipinski definition) is 1. The molecular formula is C9H13NO2S. The molecule has 0 fully saturated rings. The Hall–Kier alpha value is -0.900. The summed E-state index contributed by atoms with van der Waals surface area (Å²) in [5.74, 6) is -0.642. The van der Waals surface area contributed by atoms with Gasteiger partial charge in [0.1, 0.15) is 0 Å². The van der Waals surface area contributed by atoms with Crippen LogP contribution in [0.5, 0.6) is 0 Å². The maximum atomic E-state index is 10.6. The fourth-order valence-electron chi connectivity index (χ4n) is 1.31. The Balaban J connectivity index is 2.62. The van der Waals surface area contributed by atoms with Crippen LogP contribution in [0.2, 0.25) is 0 Å². The summed E-state index contributed by atoms with van der Waals surface area (Å²) in [6.07, 6.45) is 3.82. The van der Waals surface area contributed by atoms with E-state index in [0.29, 0.717) is 0 Å². The van der Waals surface area contributed by atoms with E-state index in [-0.39, 0.29) is 12.3 Å². The molecule has 3 nitrogen and oxygen atoms in total. The molecule has 1 unspecified atom stereocenters. The number of carbonyl (C=O) groups is 1. The van der Waals surface area contributed by atoms with Crippen LogP contribution < -0.4 is 0 Å². The van der Waals surface area contributed by atoms with Gasteiger partial charge in [0.2, 0.25) is 0 Å². The first kappa shape index (κ1) is 10.2. The second-order valence-corrected chi connectivity index (χ2v) is 3.88. The number of thiazole rings is 1. The summed E-state index contributed by atoms with van der Waals surface area (Å²) in [5, 5.41) is 11.5. The lowest BCUT2D eigenvalue weighted by molar-refractivity contribution is -0.137.